The first-order chi connectivity index (χ1) is 54.2. The number of carboxylic acid groups (broad SMARTS) is 1. The molecule has 0 radical (unpaired) electrons. The topological polar surface area (TPSA) is 536 Å². The number of fused-ring (bicyclic) bond motifs is 1. The summed E-state index contributed by atoms with van der Waals surface area (Å²) in [5.74, 6) is -10.4. The van der Waals surface area contributed by atoms with Crippen molar-refractivity contribution in [3.8, 4) is 0 Å². The molecule has 1 fully saturated rings. The Hall–Kier alpha value is -11.8. The molecule has 0 unspecified atom stereocenters. The van der Waals surface area contributed by atoms with E-state index < -0.39 is 138 Å². The number of guanidine groups is 1. The number of likely N-dealkylation sites (N-methyl/N-ethyl adjacent to an activating group) is 1. The van der Waals surface area contributed by atoms with E-state index in [2.05, 4.69) is 78.4 Å². The lowest BCUT2D eigenvalue weighted by molar-refractivity contribution is -0.145. The Morgan fingerprint density at radius 1 is 0.566 bits per heavy atom. The van der Waals surface area contributed by atoms with Gasteiger partial charge in [0.05, 0.1) is 18.2 Å². The van der Waals surface area contributed by atoms with Gasteiger partial charge in [-0.3, -0.25) is 67.7 Å². The molecule has 3 aromatic carbocycles. The summed E-state index contributed by atoms with van der Waals surface area (Å²) in [5, 5.41) is 52.8. The van der Waals surface area contributed by atoms with Gasteiger partial charge in [-0.15, -0.1) is 0 Å². The normalized spacial score (nSPS) is 14.9. The molecule has 34 nitrogen and oxygen atoms in total. The minimum Gasteiger partial charge on any atom is -0.480 e. The van der Waals surface area contributed by atoms with Crippen molar-refractivity contribution in [2.75, 3.05) is 52.1 Å². The fraction of sp³-hybridized carbons (Fsp3) is 0.436. The molecule has 6 aromatic rings. The Morgan fingerprint density at radius 2 is 1.14 bits per heavy atom. The van der Waals surface area contributed by atoms with Gasteiger partial charge >= 0.3 is 5.97 Å². The van der Waals surface area contributed by atoms with Crippen molar-refractivity contribution in [1.82, 2.24) is 78.3 Å². The SMILES string of the molecule is CNC[C@H](NC(=O)[C@H]1CCCN1C(=O)[C@H](CCCN=C(N)N)NC(=O)[C@H](CC(C)C)NC(=O)[C@H](CCCCNC(=O)c1ccc(N)nc1)NC(=O)[C@H](CCCCNC(=O)c1ccccn1)NC(=O)[C@H](CO)NC(=O)[C@H](Cc1cccnc1)NC(=O)[C@H](Cc1ccc(Cl)cc1)NC(=O)[C@@H](N)Cc1ccc2ccccc2c1)C(=O)O. The van der Waals surface area contributed by atoms with Crippen molar-refractivity contribution in [3.63, 3.8) is 0 Å². The molecule has 21 N–H and O–H groups in total. The van der Waals surface area contributed by atoms with Gasteiger partial charge in [0.15, 0.2) is 5.96 Å². The van der Waals surface area contributed by atoms with Gasteiger partial charge < -0.3 is 96.5 Å². The zero-order chi connectivity index (χ0) is 81.9. The van der Waals surface area contributed by atoms with Gasteiger partial charge in [0.2, 0.25) is 53.2 Å². The number of hydrogen-bond donors (Lipinski definition) is 17. The van der Waals surface area contributed by atoms with Gasteiger partial charge in [-0.25, -0.2) is 9.78 Å². The Bertz CT molecular complexity index is 4220. The first-order valence-electron chi connectivity index (χ1n) is 37.5. The van der Waals surface area contributed by atoms with Crippen molar-refractivity contribution in [1.29, 1.82) is 0 Å². The third-order valence-electron chi connectivity index (χ3n) is 18.6. The van der Waals surface area contributed by atoms with Crippen molar-refractivity contribution in [2.24, 2.45) is 28.1 Å². The molecule has 0 spiro atoms. The van der Waals surface area contributed by atoms with Crippen LogP contribution in [0.5, 0.6) is 0 Å². The van der Waals surface area contributed by atoms with Crippen molar-refractivity contribution in [2.45, 2.75) is 164 Å². The number of aliphatic imine (C=N–C) groups is 1. The van der Waals surface area contributed by atoms with Crippen LogP contribution in [0.3, 0.4) is 0 Å². The highest BCUT2D eigenvalue weighted by atomic mass is 35.5. The molecule has 0 aliphatic carbocycles. The third-order valence-corrected chi connectivity index (χ3v) is 18.8. The van der Waals surface area contributed by atoms with Gasteiger partial charge in [-0.1, -0.05) is 92.2 Å². The zero-order valence-electron chi connectivity index (χ0n) is 63.4. The number of carbonyl (C=O) groups is 12. The van der Waals surface area contributed by atoms with Crippen LogP contribution in [0.4, 0.5) is 5.82 Å². The van der Waals surface area contributed by atoms with Gasteiger partial charge in [-0.2, -0.15) is 0 Å². The first kappa shape index (κ1) is 88.5. The highest BCUT2D eigenvalue weighted by Crippen LogP contribution is 2.22. The highest BCUT2D eigenvalue weighted by Gasteiger charge is 2.41. The number of unbranched alkanes of at least 4 members (excludes halogenated alkanes) is 2. The lowest BCUT2D eigenvalue weighted by atomic mass is 10.00. The number of nitrogens with two attached hydrogens (primary N) is 4. The van der Waals surface area contributed by atoms with E-state index in [9.17, 15) is 58.2 Å². The lowest BCUT2D eigenvalue weighted by Crippen LogP contribution is -2.61. The van der Waals surface area contributed by atoms with Crippen LogP contribution < -0.4 is 81.4 Å². The van der Waals surface area contributed by atoms with Gasteiger partial charge in [0.25, 0.3) is 11.8 Å². The van der Waals surface area contributed by atoms with Crippen LogP contribution in [-0.4, -0.2) is 214 Å². The quantitative estimate of drug-likeness (QED) is 0.0137. The largest absolute Gasteiger partial charge is 0.480 e. The molecular weight excluding hydrogens is 1480 g/mol. The number of carboxylic acids is 1. The van der Waals surface area contributed by atoms with Crippen LogP contribution in [0, 0.1) is 5.92 Å². The highest BCUT2D eigenvalue weighted by molar-refractivity contribution is 6.30. The Balaban J connectivity index is 1.15. The molecule has 0 saturated carbocycles. The predicted octanol–water partition coefficient (Wildman–Crippen LogP) is 0.0816. The molecule has 1 aliphatic heterocycles. The number of aliphatic carboxylic acids is 1. The number of anilines is 1. The molecule has 35 heteroatoms. The number of amides is 11. The molecule has 10 atom stereocenters. The maximum absolute atomic E-state index is 15.1. The number of nitrogens with zero attached hydrogens (tertiary/aromatic N) is 5. The second-order valence-corrected chi connectivity index (χ2v) is 28.4. The fourth-order valence-electron chi connectivity index (χ4n) is 12.6. The van der Waals surface area contributed by atoms with Crippen LogP contribution in [0.2, 0.25) is 5.02 Å². The van der Waals surface area contributed by atoms with E-state index in [-0.39, 0.29) is 145 Å². The summed E-state index contributed by atoms with van der Waals surface area (Å²) >= 11 is 6.24. The monoisotopic (exact) mass is 1580 g/mol. The van der Waals surface area contributed by atoms with E-state index in [1.807, 2.05) is 42.5 Å². The lowest BCUT2D eigenvalue weighted by Gasteiger charge is -2.31. The Morgan fingerprint density at radius 3 is 1.74 bits per heavy atom. The molecular formula is C78H103ClN20O14. The molecule has 7 rings (SSSR count). The number of aromatic nitrogens is 3. The smallest absolute Gasteiger partial charge is 0.327 e. The first-order valence-corrected chi connectivity index (χ1v) is 37.9. The Labute approximate surface area is 659 Å². The van der Waals surface area contributed by atoms with Crippen LogP contribution >= 0.6 is 11.6 Å². The minimum absolute atomic E-state index is 0.0283. The number of benzene rings is 3. The fourth-order valence-corrected chi connectivity index (χ4v) is 12.7. The predicted molar refractivity (Wildman–Crippen MR) is 422 cm³/mol. The van der Waals surface area contributed by atoms with E-state index >= 15 is 9.59 Å². The molecule has 606 valence electrons. The van der Waals surface area contributed by atoms with E-state index in [1.165, 1.54) is 54.9 Å². The average molecular weight is 1580 g/mol. The van der Waals surface area contributed by atoms with E-state index in [4.69, 9.17) is 34.5 Å². The summed E-state index contributed by atoms with van der Waals surface area (Å²) in [4.78, 5) is 188. The van der Waals surface area contributed by atoms with Gasteiger partial charge in [-0.05, 0) is 160 Å². The number of aliphatic hydroxyl groups excluding tert-OH is 1. The summed E-state index contributed by atoms with van der Waals surface area (Å²) < 4.78 is 0. The summed E-state index contributed by atoms with van der Waals surface area (Å²) in [5.41, 5.74) is 25.6. The summed E-state index contributed by atoms with van der Waals surface area (Å²) in [6.07, 6.45) is 6.35. The summed E-state index contributed by atoms with van der Waals surface area (Å²) in [7, 11) is 1.51. The molecule has 1 saturated heterocycles. The number of likely N-dealkylation sites (tertiary alicyclic amines) is 1. The minimum atomic E-state index is -1.83. The van der Waals surface area contributed by atoms with Gasteiger partial charge in [0, 0.05) is 75.4 Å². The number of pyridine rings is 3. The second-order valence-electron chi connectivity index (χ2n) is 27.9. The second kappa shape index (κ2) is 45.5. The van der Waals surface area contributed by atoms with Crippen molar-refractivity contribution in [3.05, 3.63) is 167 Å². The third kappa shape index (κ3) is 29.1. The molecule has 0 bridgehead atoms. The summed E-state index contributed by atoms with van der Waals surface area (Å²) in [6, 6.07) is 16.7. The number of carbonyl (C=O) groups excluding carboxylic acids is 11. The number of rotatable bonds is 45. The zero-order valence-corrected chi connectivity index (χ0v) is 64.2. The van der Waals surface area contributed by atoms with Crippen LogP contribution in [-0.2, 0) is 67.2 Å². The molecule has 1 aliphatic rings. The summed E-state index contributed by atoms with van der Waals surface area (Å²) in [6.45, 7) is 2.59. The van der Waals surface area contributed by atoms with Crippen molar-refractivity contribution < 1.29 is 67.7 Å². The average Bonchev–Trinajstić information content (AvgIpc) is 1.73. The van der Waals surface area contributed by atoms with Crippen LogP contribution in [0.1, 0.15) is 122 Å². The molecule has 4 heterocycles. The van der Waals surface area contributed by atoms with Crippen LogP contribution in [0.25, 0.3) is 10.8 Å². The number of halogens is 1. The molecule has 113 heavy (non-hydrogen) atoms. The van der Waals surface area contributed by atoms with E-state index in [0.717, 1.165) is 16.3 Å². The standard InChI is InChI=1S/C78H103ClN20O14/c1-46(2)37-59(71(106)93-58(21-13-35-89-78(82)83)76(111)99-36-14-22-64(99)75(110)97-62(44-84-3)77(112)113)95-70(105)57(20-7-10-33-87-66(101)52-27-30-65(81)90-43-52)91-69(104)56(19-8-11-34-88-68(103)55-18-6-9-32-86-55)92-74(109)63(45-100)98-73(108)61(41-49-15-12-31-85-42-49)96-72(107)60(40-47-24-28-53(79)29-25-47)94-67(102)54(80)39-48-23-26-50-16-4-5-17-51(50)38-48/h4-6,9,12,15-18,23-32,38,42-43,46,54,56-64,84,100H,7-8,10-11,13-14,19-22,33-37,39-41,44-45,80H2,1-3H3,(H2,81,90)(H,87,101)(H,88,103)(H,91,104)(H,92,109)(H,93,106)(H,94,102)(H,95,105)(H,96,107)(H,97,110)(H,98,108)(H,112,113)(H4,82,83,89)/t54-,56-,57-,58-,59-,60-,61-,62-,63-,64+/m0/s1. The van der Waals surface area contributed by atoms with Crippen LogP contribution in [0.15, 0.2) is 139 Å². The van der Waals surface area contributed by atoms with E-state index in [1.54, 1.807) is 62.4 Å². The number of hydrogen-bond acceptors (Lipinski definition) is 20. The van der Waals surface area contributed by atoms with E-state index in [0.29, 0.717) is 22.6 Å². The van der Waals surface area contributed by atoms with Gasteiger partial charge in [0.1, 0.15) is 65.9 Å². The number of aliphatic hydroxyl groups is 1. The Kier molecular flexibility index (Phi) is 35.7. The number of nitrogens with one attached hydrogen (secondary N) is 11. The van der Waals surface area contributed by atoms with Crippen molar-refractivity contribution >= 4 is 105 Å². The maximum atomic E-state index is 15.1. The molecule has 11 amide bonds. The number of nitrogen functional groups attached to an aromatic ring is 1. The molecule has 3 aromatic heterocycles. The maximum Gasteiger partial charge on any atom is 0.327 e.